The lowest BCUT2D eigenvalue weighted by Gasteiger charge is -2.39. The van der Waals surface area contributed by atoms with Crippen molar-refractivity contribution >= 4 is 0 Å². The van der Waals surface area contributed by atoms with Crippen molar-refractivity contribution in [3.05, 3.63) is 0 Å². The van der Waals surface area contributed by atoms with Gasteiger partial charge in [0.2, 0.25) is 0 Å². The van der Waals surface area contributed by atoms with Crippen LogP contribution in [-0.2, 0) is 0 Å². The van der Waals surface area contributed by atoms with E-state index in [2.05, 4.69) is 27.7 Å². The molecule has 0 spiro atoms. The van der Waals surface area contributed by atoms with Crippen LogP contribution in [-0.4, -0.2) is 0 Å². The second-order valence-corrected chi connectivity index (χ2v) is 5.70. The van der Waals surface area contributed by atoms with Gasteiger partial charge in [0, 0.05) is 0 Å². The minimum Gasteiger partial charge on any atom is -0.0649 e. The van der Waals surface area contributed by atoms with Crippen molar-refractivity contribution in [3.63, 3.8) is 0 Å². The average Bonchev–Trinajstić information content (AvgIpc) is 2.60. The summed E-state index contributed by atoms with van der Waals surface area (Å²) in [5, 5.41) is 0. The highest BCUT2D eigenvalue weighted by molar-refractivity contribution is 5.03. The van der Waals surface area contributed by atoms with Gasteiger partial charge >= 0.3 is 0 Å². The average molecular weight is 166 g/mol. The first-order valence-corrected chi connectivity index (χ1v) is 5.56. The van der Waals surface area contributed by atoms with Gasteiger partial charge in [0.05, 0.1) is 0 Å². The summed E-state index contributed by atoms with van der Waals surface area (Å²) in [6, 6.07) is 0. The van der Waals surface area contributed by atoms with Crippen LogP contribution in [0.4, 0.5) is 0 Å². The molecule has 4 atom stereocenters. The standard InChI is InChI=1S/C12H22/c1-5-12(3,4)11-7-9-6-10(11)8(9)2/h8-11H,5-7H2,1-4H3. The van der Waals surface area contributed by atoms with E-state index in [1.165, 1.54) is 12.8 Å². The molecule has 3 aliphatic rings. The van der Waals surface area contributed by atoms with Gasteiger partial charge in [-0.1, -0.05) is 34.1 Å². The highest BCUT2D eigenvalue weighted by Gasteiger charge is 2.54. The van der Waals surface area contributed by atoms with Crippen molar-refractivity contribution in [2.45, 2.75) is 47.0 Å². The number of fused-ring (bicyclic) bond motifs is 1. The molecule has 0 N–H and O–H groups in total. The van der Waals surface area contributed by atoms with Crippen LogP contribution in [0.1, 0.15) is 47.0 Å². The summed E-state index contributed by atoms with van der Waals surface area (Å²) in [5.41, 5.74) is 0.615. The fourth-order valence-corrected chi connectivity index (χ4v) is 3.44. The van der Waals surface area contributed by atoms with Crippen LogP contribution >= 0.6 is 0 Å². The van der Waals surface area contributed by atoms with Crippen molar-refractivity contribution in [3.8, 4) is 0 Å². The van der Waals surface area contributed by atoms with E-state index in [9.17, 15) is 0 Å². The molecule has 0 amide bonds. The molecule has 2 bridgehead atoms. The van der Waals surface area contributed by atoms with Crippen molar-refractivity contribution in [1.82, 2.24) is 0 Å². The monoisotopic (exact) mass is 166 g/mol. The topological polar surface area (TPSA) is 0 Å². The van der Waals surface area contributed by atoms with E-state index >= 15 is 0 Å². The molecular weight excluding hydrogens is 144 g/mol. The van der Waals surface area contributed by atoms with E-state index in [-0.39, 0.29) is 0 Å². The maximum atomic E-state index is 2.46. The predicted octanol–water partition coefficient (Wildman–Crippen LogP) is 3.71. The molecule has 0 aliphatic heterocycles. The van der Waals surface area contributed by atoms with Crippen molar-refractivity contribution < 1.29 is 0 Å². The van der Waals surface area contributed by atoms with Crippen LogP contribution in [0, 0.1) is 29.1 Å². The fraction of sp³-hybridized carbons (Fsp3) is 1.00. The van der Waals surface area contributed by atoms with Crippen LogP contribution < -0.4 is 0 Å². The molecular formula is C12H22. The zero-order chi connectivity index (χ0) is 8.93. The summed E-state index contributed by atoms with van der Waals surface area (Å²) in [4.78, 5) is 0. The SMILES string of the molecule is CCC(C)(C)C1CC2CC1C2C. The third-order valence-corrected chi connectivity index (χ3v) is 4.98. The number of rotatable bonds is 2. The summed E-state index contributed by atoms with van der Waals surface area (Å²) in [7, 11) is 0. The van der Waals surface area contributed by atoms with Crippen LogP contribution in [0.15, 0.2) is 0 Å². The normalized spacial score (nSPS) is 46.0. The molecule has 0 heteroatoms. The lowest BCUT2D eigenvalue weighted by molar-refractivity contribution is 0.103. The molecule has 3 fully saturated rings. The number of hydrogen-bond donors (Lipinski definition) is 0. The zero-order valence-electron chi connectivity index (χ0n) is 8.93. The third kappa shape index (κ3) is 0.963. The van der Waals surface area contributed by atoms with E-state index in [0.29, 0.717) is 5.41 Å². The van der Waals surface area contributed by atoms with Gasteiger partial charge in [-0.15, -0.1) is 0 Å². The van der Waals surface area contributed by atoms with E-state index in [1.807, 2.05) is 0 Å². The van der Waals surface area contributed by atoms with E-state index < -0.39 is 0 Å². The molecule has 0 heterocycles. The van der Waals surface area contributed by atoms with Gasteiger partial charge < -0.3 is 0 Å². The summed E-state index contributed by atoms with van der Waals surface area (Å²) in [6.07, 6.45) is 4.44. The Morgan fingerprint density at radius 1 is 1.25 bits per heavy atom. The van der Waals surface area contributed by atoms with Gasteiger partial charge in [-0.2, -0.15) is 0 Å². The Morgan fingerprint density at radius 3 is 2.25 bits per heavy atom. The van der Waals surface area contributed by atoms with Crippen LogP contribution in [0.5, 0.6) is 0 Å². The fourth-order valence-electron chi connectivity index (χ4n) is 3.44. The molecule has 0 nitrogen and oxygen atoms in total. The van der Waals surface area contributed by atoms with Crippen molar-refractivity contribution in [1.29, 1.82) is 0 Å². The van der Waals surface area contributed by atoms with Gasteiger partial charge in [0.15, 0.2) is 0 Å². The lowest BCUT2D eigenvalue weighted by Crippen LogP contribution is -2.31. The second-order valence-electron chi connectivity index (χ2n) is 5.70. The molecule has 3 rings (SSSR count). The van der Waals surface area contributed by atoms with Crippen LogP contribution in [0.2, 0.25) is 0 Å². The van der Waals surface area contributed by atoms with E-state index in [4.69, 9.17) is 0 Å². The predicted molar refractivity (Wildman–Crippen MR) is 52.9 cm³/mol. The van der Waals surface area contributed by atoms with Gasteiger partial charge in [-0.05, 0) is 41.9 Å². The third-order valence-electron chi connectivity index (χ3n) is 4.98. The minimum absolute atomic E-state index is 0.615. The molecule has 0 aromatic heterocycles. The molecule has 12 heavy (non-hydrogen) atoms. The summed E-state index contributed by atoms with van der Waals surface area (Å²) in [6.45, 7) is 9.74. The summed E-state index contributed by atoms with van der Waals surface area (Å²) >= 11 is 0. The summed E-state index contributed by atoms with van der Waals surface area (Å²) in [5.74, 6) is 4.29. The Morgan fingerprint density at radius 2 is 1.92 bits per heavy atom. The maximum Gasteiger partial charge on any atom is -0.0326 e. The largest absolute Gasteiger partial charge is 0.0649 e. The Bertz CT molecular complexity index is 180. The van der Waals surface area contributed by atoms with E-state index in [0.717, 1.165) is 23.7 Å². The second kappa shape index (κ2) is 2.49. The molecule has 70 valence electrons. The molecule has 3 aliphatic carbocycles. The summed E-state index contributed by atoms with van der Waals surface area (Å²) < 4.78 is 0. The molecule has 3 saturated carbocycles. The smallest absolute Gasteiger partial charge is 0.0326 e. The molecule has 0 aromatic carbocycles. The Labute approximate surface area is 76.7 Å². The first-order valence-electron chi connectivity index (χ1n) is 5.56. The quantitative estimate of drug-likeness (QED) is 0.586. The first kappa shape index (κ1) is 8.59. The molecule has 0 radical (unpaired) electrons. The molecule has 4 unspecified atom stereocenters. The van der Waals surface area contributed by atoms with E-state index in [1.54, 1.807) is 6.42 Å². The van der Waals surface area contributed by atoms with Crippen LogP contribution in [0.3, 0.4) is 0 Å². The van der Waals surface area contributed by atoms with Gasteiger partial charge in [-0.3, -0.25) is 0 Å². The highest BCUT2D eigenvalue weighted by Crippen LogP contribution is 2.62. The number of hydrogen-bond acceptors (Lipinski definition) is 0. The Hall–Kier alpha value is 0. The first-order chi connectivity index (χ1) is 5.56. The Balaban J connectivity index is 2.08. The van der Waals surface area contributed by atoms with Gasteiger partial charge in [0.1, 0.15) is 0 Å². The van der Waals surface area contributed by atoms with Gasteiger partial charge in [0.25, 0.3) is 0 Å². The highest BCUT2D eigenvalue weighted by atomic mass is 14.6. The zero-order valence-corrected chi connectivity index (χ0v) is 8.93. The molecule has 0 aromatic rings. The van der Waals surface area contributed by atoms with Gasteiger partial charge in [-0.25, -0.2) is 0 Å². The maximum absolute atomic E-state index is 2.46. The molecule has 0 saturated heterocycles. The minimum atomic E-state index is 0.615. The van der Waals surface area contributed by atoms with Crippen molar-refractivity contribution in [2.24, 2.45) is 29.1 Å². The van der Waals surface area contributed by atoms with Crippen molar-refractivity contribution in [2.75, 3.05) is 0 Å². The lowest BCUT2D eigenvalue weighted by atomic mass is 9.66. The Kier molecular flexibility index (Phi) is 1.79. The van der Waals surface area contributed by atoms with Crippen LogP contribution in [0.25, 0.3) is 0 Å².